The van der Waals surface area contributed by atoms with Gasteiger partial charge in [-0.15, -0.1) is 0 Å². The molecule has 2 aromatic carbocycles. The molecule has 0 saturated heterocycles. The Hall–Kier alpha value is -4.26. The third-order valence-corrected chi connectivity index (χ3v) is 7.84. The monoisotopic (exact) mass is 545 g/mol. The predicted molar refractivity (Wildman–Crippen MR) is 148 cm³/mol. The molecule has 0 radical (unpaired) electrons. The first-order valence-electron chi connectivity index (χ1n) is 13.8. The molecule has 10 heteroatoms. The van der Waals surface area contributed by atoms with Crippen molar-refractivity contribution in [1.29, 1.82) is 5.26 Å². The van der Waals surface area contributed by atoms with Crippen molar-refractivity contribution in [2.75, 3.05) is 0 Å². The number of nitrogens with one attached hydrogen (secondary N) is 2. The van der Waals surface area contributed by atoms with Gasteiger partial charge in [0.15, 0.2) is 0 Å². The van der Waals surface area contributed by atoms with Gasteiger partial charge in [0.2, 0.25) is 0 Å². The Kier molecular flexibility index (Phi) is 7.57. The first-order chi connectivity index (χ1) is 19.2. The Morgan fingerprint density at radius 3 is 2.12 bits per heavy atom. The Morgan fingerprint density at radius 1 is 0.975 bits per heavy atom. The lowest BCUT2D eigenvalue weighted by Crippen LogP contribution is -2.53. The van der Waals surface area contributed by atoms with E-state index in [1.54, 1.807) is 28.8 Å². The standard InChI is InChI=1S/C30H32FN5O4/c1-17(2)36-26-12-11-19(13-22(26)29(39)35(30(36)40)16-18-7-8-18)27(37)33-24-5-3-4-6-25(24)34-28(38)20-9-10-21(15-32)23(31)14-20/h9-14,17-18,24-25H,3-8,16H2,1-2H3,(H,33,37)(H,34,38)/t24-,25?/m0/s1. The van der Waals surface area contributed by atoms with E-state index in [0.717, 1.165) is 31.7 Å². The lowest BCUT2D eigenvalue weighted by Gasteiger charge is -2.33. The number of carbonyl (C=O) groups excluding carboxylic acids is 2. The molecular weight excluding hydrogens is 513 g/mol. The van der Waals surface area contributed by atoms with E-state index in [2.05, 4.69) is 10.6 Å². The van der Waals surface area contributed by atoms with Crippen molar-refractivity contribution in [3.63, 3.8) is 0 Å². The fourth-order valence-electron chi connectivity index (χ4n) is 5.47. The quantitative estimate of drug-likeness (QED) is 0.469. The van der Waals surface area contributed by atoms with Crippen molar-refractivity contribution < 1.29 is 14.0 Å². The predicted octanol–water partition coefficient (Wildman–Crippen LogP) is 3.64. The fourth-order valence-corrected chi connectivity index (χ4v) is 5.47. The fraction of sp³-hybridized carbons (Fsp3) is 0.433. The van der Waals surface area contributed by atoms with E-state index >= 15 is 0 Å². The molecule has 40 heavy (non-hydrogen) atoms. The minimum atomic E-state index is -0.765. The highest BCUT2D eigenvalue weighted by Crippen LogP contribution is 2.30. The van der Waals surface area contributed by atoms with E-state index in [-0.39, 0.29) is 40.8 Å². The van der Waals surface area contributed by atoms with Gasteiger partial charge in [-0.3, -0.25) is 23.5 Å². The number of benzene rings is 2. The van der Waals surface area contributed by atoms with Crippen LogP contribution in [-0.4, -0.2) is 33.0 Å². The molecular formula is C30H32FN5O4. The number of nitrogens with zero attached hydrogens (tertiary/aromatic N) is 3. The van der Waals surface area contributed by atoms with Crippen LogP contribution < -0.4 is 21.9 Å². The zero-order valence-corrected chi connectivity index (χ0v) is 22.6. The summed E-state index contributed by atoms with van der Waals surface area (Å²) in [5.41, 5.74) is 0.0163. The second kappa shape index (κ2) is 11.1. The minimum absolute atomic E-state index is 0.0976. The number of hydrogen-bond acceptors (Lipinski definition) is 5. The van der Waals surface area contributed by atoms with Gasteiger partial charge in [-0.2, -0.15) is 5.26 Å². The molecule has 0 aliphatic heterocycles. The van der Waals surface area contributed by atoms with E-state index in [0.29, 0.717) is 41.8 Å². The maximum Gasteiger partial charge on any atom is 0.331 e. The van der Waals surface area contributed by atoms with Gasteiger partial charge < -0.3 is 10.6 Å². The number of nitriles is 1. The topological polar surface area (TPSA) is 126 Å². The number of amides is 2. The molecule has 0 bridgehead atoms. The molecule has 2 N–H and O–H groups in total. The average molecular weight is 546 g/mol. The summed E-state index contributed by atoms with van der Waals surface area (Å²) >= 11 is 0. The van der Waals surface area contributed by atoms with Gasteiger partial charge >= 0.3 is 5.69 Å². The highest BCUT2D eigenvalue weighted by Gasteiger charge is 2.29. The van der Waals surface area contributed by atoms with Crippen LogP contribution in [0.1, 0.15) is 84.7 Å². The maximum absolute atomic E-state index is 14.0. The summed E-state index contributed by atoms with van der Waals surface area (Å²) in [5.74, 6) is -1.30. The molecule has 2 atom stereocenters. The molecule has 2 saturated carbocycles. The van der Waals surface area contributed by atoms with E-state index in [9.17, 15) is 23.6 Å². The number of hydrogen-bond donors (Lipinski definition) is 2. The Bertz CT molecular complexity index is 1650. The van der Waals surface area contributed by atoms with Gasteiger partial charge in [-0.05, 0) is 81.8 Å². The second-order valence-electron chi connectivity index (χ2n) is 11.1. The van der Waals surface area contributed by atoms with Gasteiger partial charge in [0.1, 0.15) is 11.9 Å². The summed E-state index contributed by atoms with van der Waals surface area (Å²) in [6.45, 7) is 4.15. The van der Waals surface area contributed by atoms with E-state index < -0.39 is 17.3 Å². The molecule has 2 amide bonds. The molecule has 1 unspecified atom stereocenters. The van der Waals surface area contributed by atoms with Crippen LogP contribution >= 0.6 is 0 Å². The van der Waals surface area contributed by atoms with E-state index in [1.807, 2.05) is 13.8 Å². The molecule has 0 spiro atoms. The number of fused-ring (bicyclic) bond motifs is 1. The molecule has 208 valence electrons. The summed E-state index contributed by atoms with van der Waals surface area (Å²) in [4.78, 5) is 52.7. The zero-order valence-electron chi connectivity index (χ0n) is 22.6. The third kappa shape index (κ3) is 5.41. The van der Waals surface area contributed by atoms with Crippen LogP contribution in [0.4, 0.5) is 4.39 Å². The Balaban J connectivity index is 1.39. The van der Waals surface area contributed by atoms with Crippen LogP contribution in [-0.2, 0) is 6.54 Å². The summed E-state index contributed by atoms with van der Waals surface area (Å²) in [5, 5.41) is 15.2. The largest absolute Gasteiger partial charge is 0.347 e. The maximum atomic E-state index is 14.0. The molecule has 3 aromatic rings. The van der Waals surface area contributed by atoms with Crippen LogP contribution in [0.25, 0.3) is 10.9 Å². The van der Waals surface area contributed by atoms with Crippen molar-refractivity contribution in [2.45, 2.75) is 77.0 Å². The number of aromatic nitrogens is 2. The molecule has 2 aliphatic carbocycles. The van der Waals surface area contributed by atoms with Crippen LogP contribution in [0.2, 0.25) is 0 Å². The Labute approximate surface area is 230 Å². The summed E-state index contributed by atoms with van der Waals surface area (Å²) in [6, 6.07) is 9.33. The van der Waals surface area contributed by atoms with Gasteiger partial charge in [-0.25, -0.2) is 9.18 Å². The number of carbonyl (C=O) groups is 2. The van der Waals surface area contributed by atoms with Crippen molar-refractivity contribution in [1.82, 2.24) is 19.8 Å². The van der Waals surface area contributed by atoms with Crippen molar-refractivity contribution in [3.05, 3.63) is 79.7 Å². The third-order valence-electron chi connectivity index (χ3n) is 7.84. The van der Waals surface area contributed by atoms with Crippen LogP contribution in [0.5, 0.6) is 0 Å². The van der Waals surface area contributed by atoms with Gasteiger partial charge in [0.05, 0.1) is 16.5 Å². The zero-order chi connectivity index (χ0) is 28.6. The minimum Gasteiger partial charge on any atom is -0.347 e. The molecule has 9 nitrogen and oxygen atoms in total. The molecule has 1 aromatic heterocycles. The summed E-state index contributed by atoms with van der Waals surface area (Å²) in [7, 11) is 0. The van der Waals surface area contributed by atoms with Crippen molar-refractivity contribution in [2.24, 2.45) is 5.92 Å². The normalized spacial score (nSPS) is 18.9. The van der Waals surface area contributed by atoms with Crippen molar-refractivity contribution in [3.8, 4) is 6.07 Å². The molecule has 5 rings (SSSR count). The van der Waals surface area contributed by atoms with E-state index in [4.69, 9.17) is 5.26 Å². The number of halogens is 1. The highest BCUT2D eigenvalue weighted by molar-refractivity contribution is 5.98. The highest BCUT2D eigenvalue weighted by atomic mass is 19.1. The molecule has 2 fully saturated rings. The molecule has 2 aliphatic rings. The lowest BCUT2D eigenvalue weighted by molar-refractivity contribution is 0.0862. The van der Waals surface area contributed by atoms with Gasteiger partial charge in [0.25, 0.3) is 17.4 Å². The van der Waals surface area contributed by atoms with E-state index in [1.165, 1.54) is 16.7 Å². The summed E-state index contributed by atoms with van der Waals surface area (Å²) < 4.78 is 16.9. The van der Waals surface area contributed by atoms with Gasteiger partial charge in [-0.1, -0.05) is 12.8 Å². The SMILES string of the molecule is CC(C)n1c(=O)n(CC2CC2)c(=O)c2cc(C(=O)N[C@H]3CCCCC3NC(=O)c3ccc(C#N)c(F)c3)ccc21. The number of rotatable bonds is 7. The molecule has 1 heterocycles. The van der Waals surface area contributed by atoms with Crippen LogP contribution in [0.15, 0.2) is 46.0 Å². The Morgan fingerprint density at radius 2 is 1.57 bits per heavy atom. The first kappa shape index (κ1) is 27.3. The van der Waals surface area contributed by atoms with Crippen molar-refractivity contribution >= 4 is 22.7 Å². The van der Waals surface area contributed by atoms with Gasteiger partial charge in [0, 0.05) is 35.8 Å². The second-order valence-corrected chi connectivity index (χ2v) is 11.1. The first-order valence-corrected chi connectivity index (χ1v) is 13.8. The lowest BCUT2D eigenvalue weighted by atomic mass is 9.89. The summed E-state index contributed by atoms with van der Waals surface area (Å²) in [6.07, 6.45) is 5.00. The van der Waals surface area contributed by atoms with Crippen LogP contribution in [0.3, 0.4) is 0 Å². The average Bonchev–Trinajstić information content (AvgIpc) is 3.76. The van der Waals surface area contributed by atoms with Crippen LogP contribution in [0, 0.1) is 23.1 Å². The smallest absolute Gasteiger partial charge is 0.331 e.